The van der Waals surface area contributed by atoms with Gasteiger partial charge >= 0.3 is 5.97 Å². The summed E-state index contributed by atoms with van der Waals surface area (Å²) in [4.78, 5) is 22.8. The number of hydrogen-bond acceptors (Lipinski definition) is 4. The number of carbonyl (C=O) groups is 2. The lowest BCUT2D eigenvalue weighted by molar-refractivity contribution is -0.135. The molecule has 4 nitrogen and oxygen atoms in total. The average molecular weight is 259 g/mol. The first-order valence-electron chi connectivity index (χ1n) is 4.61. The van der Waals surface area contributed by atoms with Gasteiger partial charge in [-0.3, -0.25) is 4.79 Å². The maximum atomic E-state index is 13.3. The summed E-state index contributed by atoms with van der Waals surface area (Å²) in [6.45, 7) is 0. The van der Waals surface area contributed by atoms with E-state index < -0.39 is 40.3 Å². The van der Waals surface area contributed by atoms with Crippen LogP contribution in [0, 0.1) is 17.5 Å². The highest BCUT2D eigenvalue weighted by atomic mass is 19.2. The van der Waals surface area contributed by atoms with Crippen molar-refractivity contribution in [2.45, 2.75) is 0 Å². The predicted molar refractivity (Wildman–Crippen MR) is 54.9 cm³/mol. The molecule has 0 heterocycles. The number of hydrogen-bond donors (Lipinski definition) is 1. The van der Waals surface area contributed by atoms with Gasteiger partial charge < -0.3 is 10.5 Å². The van der Waals surface area contributed by atoms with E-state index in [0.29, 0.717) is 12.3 Å². The SMILES string of the molecule is COC(=O)/C(=C/N)C(=O)c1cc(F)c(F)cc1F. The lowest BCUT2D eigenvalue weighted by Crippen LogP contribution is -2.18. The zero-order valence-corrected chi connectivity index (χ0v) is 9.17. The fourth-order valence-corrected chi connectivity index (χ4v) is 1.19. The summed E-state index contributed by atoms with van der Waals surface area (Å²) in [6, 6.07) is 0.549. The van der Waals surface area contributed by atoms with E-state index in [4.69, 9.17) is 5.73 Å². The lowest BCUT2D eigenvalue weighted by Gasteiger charge is -2.05. The quantitative estimate of drug-likeness (QED) is 0.222. The highest BCUT2D eigenvalue weighted by molar-refractivity contribution is 6.24. The van der Waals surface area contributed by atoms with Crippen molar-refractivity contribution < 1.29 is 27.5 Å². The molecule has 0 bridgehead atoms. The van der Waals surface area contributed by atoms with Crippen LogP contribution >= 0.6 is 0 Å². The maximum absolute atomic E-state index is 13.3. The van der Waals surface area contributed by atoms with E-state index in [1.165, 1.54) is 0 Å². The van der Waals surface area contributed by atoms with Gasteiger partial charge in [0.1, 0.15) is 11.4 Å². The van der Waals surface area contributed by atoms with Gasteiger partial charge in [0, 0.05) is 12.3 Å². The van der Waals surface area contributed by atoms with Crippen molar-refractivity contribution in [2.75, 3.05) is 7.11 Å². The molecule has 0 saturated carbocycles. The van der Waals surface area contributed by atoms with Crippen LogP contribution in [0.3, 0.4) is 0 Å². The number of esters is 1. The lowest BCUT2D eigenvalue weighted by atomic mass is 10.0. The number of nitrogens with two attached hydrogens (primary N) is 1. The van der Waals surface area contributed by atoms with Crippen molar-refractivity contribution in [3.63, 3.8) is 0 Å². The highest BCUT2D eigenvalue weighted by Crippen LogP contribution is 2.17. The van der Waals surface area contributed by atoms with Crippen molar-refractivity contribution in [1.82, 2.24) is 0 Å². The van der Waals surface area contributed by atoms with E-state index in [2.05, 4.69) is 4.74 Å². The standard InChI is InChI=1S/C11H8F3NO3/c1-18-11(17)6(4-15)10(16)5-2-8(13)9(14)3-7(5)12/h2-4H,15H2,1H3/b6-4+. The summed E-state index contributed by atoms with van der Waals surface area (Å²) < 4.78 is 43.1. The van der Waals surface area contributed by atoms with E-state index >= 15 is 0 Å². The topological polar surface area (TPSA) is 69.4 Å². The molecule has 0 fully saturated rings. The minimum atomic E-state index is -1.44. The fraction of sp³-hybridized carbons (Fsp3) is 0.0909. The molecule has 0 aliphatic heterocycles. The smallest absolute Gasteiger partial charge is 0.343 e. The van der Waals surface area contributed by atoms with Crippen LogP contribution < -0.4 is 5.73 Å². The molecule has 0 unspecified atom stereocenters. The molecule has 0 spiro atoms. The molecular weight excluding hydrogens is 251 g/mol. The molecule has 0 aliphatic carbocycles. The van der Waals surface area contributed by atoms with Gasteiger partial charge in [0.2, 0.25) is 5.78 Å². The Labute approximate surface area is 99.8 Å². The first-order chi connectivity index (χ1) is 8.42. The highest BCUT2D eigenvalue weighted by Gasteiger charge is 2.24. The van der Waals surface area contributed by atoms with Crippen LogP contribution in [-0.2, 0) is 9.53 Å². The van der Waals surface area contributed by atoms with E-state index in [1.54, 1.807) is 0 Å². The van der Waals surface area contributed by atoms with E-state index in [0.717, 1.165) is 7.11 Å². The van der Waals surface area contributed by atoms with Crippen LogP contribution in [-0.4, -0.2) is 18.9 Å². The second-order valence-electron chi connectivity index (χ2n) is 3.15. The Balaban J connectivity index is 3.27. The van der Waals surface area contributed by atoms with Gasteiger partial charge in [-0.25, -0.2) is 18.0 Å². The molecule has 1 aromatic carbocycles. The summed E-state index contributed by atoms with van der Waals surface area (Å²) in [6.07, 6.45) is 0.606. The Morgan fingerprint density at radius 1 is 1.17 bits per heavy atom. The Hall–Kier alpha value is -2.31. The van der Waals surface area contributed by atoms with Crippen LogP contribution in [0.5, 0.6) is 0 Å². The van der Waals surface area contributed by atoms with Gasteiger partial charge in [0.05, 0.1) is 12.7 Å². The van der Waals surface area contributed by atoms with Crippen LogP contribution in [0.1, 0.15) is 10.4 Å². The summed E-state index contributed by atoms with van der Waals surface area (Å²) >= 11 is 0. The van der Waals surface area contributed by atoms with Gasteiger partial charge in [-0.15, -0.1) is 0 Å². The summed E-state index contributed by atoms with van der Waals surface area (Å²) in [5, 5.41) is 0. The number of carbonyl (C=O) groups excluding carboxylic acids is 2. The average Bonchev–Trinajstić information content (AvgIpc) is 2.34. The first-order valence-corrected chi connectivity index (χ1v) is 4.61. The van der Waals surface area contributed by atoms with Crippen LogP contribution in [0.2, 0.25) is 0 Å². The normalized spacial score (nSPS) is 11.2. The molecule has 96 valence electrons. The molecule has 0 aliphatic rings. The zero-order chi connectivity index (χ0) is 13.9. The first kappa shape index (κ1) is 13.8. The Morgan fingerprint density at radius 2 is 1.72 bits per heavy atom. The van der Waals surface area contributed by atoms with E-state index in [-0.39, 0.29) is 6.07 Å². The number of methoxy groups -OCH3 is 1. The van der Waals surface area contributed by atoms with E-state index in [9.17, 15) is 22.8 Å². The van der Waals surface area contributed by atoms with E-state index in [1.807, 2.05) is 0 Å². The summed E-state index contributed by atoms with van der Waals surface area (Å²) in [7, 11) is 0.987. The molecule has 1 rings (SSSR count). The molecule has 1 aromatic rings. The molecule has 0 atom stereocenters. The van der Waals surface area contributed by atoms with Crippen molar-refractivity contribution in [3.8, 4) is 0 Å². The Morgan fingerprint density at radius 3 is 2.22 bits per heavy atom. The second kappa shape index (κ2) is 5.35. The van der Waals surface area contributed by atoms with Crippen molar-refractivity contribution >= 4 is 11.8 Å². The molecule has 0 radical (unpaired) electrons. The molecular formula is C11H8F3NO3. The third-order valence-electron chi connectivity index (χ3n) is 2.07. The van der Waals surface area contributed by atoms with Gasteiger partial charge in [-0.2, -0.15) is 0 Å². The number of benzene rings is 1. The molecule has 7 heteroatoms. The third-order valence-corrected chi connectivity index (χ3v) is 2.07. The maximum Gasteiger partial charge on any atom is 0.343 e. The number of rotatable bonds is 3. The second-order valence-corrected chi connectivity index (χ2v) is 3.15. The van der Waals surface area contributed by atoms with Crippen molar-refractivity contribution in [1.29, 1.82) is 0 Å². The van der Waals surface area contributed by atoms with Crippen molar-refractivity contribution in [2.24, 2.45) is 5.73 Å². The summed E-state index contributed by atoms with van der Waals surface area (Å²) in [5.74, 6) is -6.46. The molecule has 2 N–H and O–H groups in total. The largest absolute Gasteiger partial charge is 0.465 e. The van der Waals surface area contributed by atoms with Gasteiger partial charge in [-0.05, 0) is 6.07 Å². The molecule has 0 saturated heterocycles. The summed E-state index contributed by atoms with van der Waals surface area (Å²) in [5.41, 5.74) is 3.54. The Bertz CT molecular complexity index is 541. The van der Waals surface area contributed by atoms with Gasteiger partial charge in [-0.1, -0.05) is 0 Å². The van der Waals surface area contributed by atoms with Gasteiger partial charge in [0.15, 0.2) is 11.6 Å². The number of ether oxygens (including phenoxy) is 1. The fourth-order valence-electron chi connectivity index (χ4n) is 1.19. The Kier molecular flexibility index (Phi) is 4.09. The third kappa shape index (κ3) is 2.50. The molecule has 18 heavy (non-hydrogen) atoms. The number of halogens is 3. The molecule has 0 aromatic heterocycles. The van der Waals surface area contributed by atoms with Crippen molar-refractivity contribution in [3.05, 3.63) is 46.9 Å². The minimum absolute atomic E-state index is 0.202. The van der Waals surface area contributed by atoms with Gasteiger partial charge in [0.25, 0.3) is 0 Å². The molecule has 0 amide bonds. The zero-order valence-electron chi connectivity index (χ0n) is 9.17. The van der Waals surface area contributed by atoms with Crippen LogP contribution in [0.15, 0.2) is 23.9 Å². The van der Waals surface area contributed by atoms with Crippen LogP contribution in [0.25, 0.3) is 0 Å². The predicted octanol–water partition coefficient (Wildman–Crippen LogP) is 1.30. The number of ketones is 1. The minimum Gasteiger partial charge on any atom is -0.465 e. The van der Waals surface area contributed by atoms with Crippen LogP contribution in [0.4, 0.5) is 13.2 Å². The monoisotopic (exact) mass is 259 g/mol. The number of Topliss-reactive ketones (excluding diaryl/α,β-unsaturated/α-hetero) is 1.